The molecule has 0 radical (unpaired) electrons. The molecular formula is C26H24BrN3O2S. The van der Waals surface area contributed by atoms with Gasteiger partial charge in [0.05, 0.1) is 18.7 Å². The Bertz CT molecular complexity index is 1310. The van der Waals surface area contributed by atoms with Crippen molar-refractivity contribution < 1.29 is 9.53 Å². The number of fused-ring (bicyclic) bond motifs is 1. The van der Waals surface area contributed by atoms with Crippen LogP contribution < -0.4 is 10.1 Å². The maximum Gasteiger partial charge on any atom is 0.162 e. The summed E-state index contributed by atoms with van der Waals surface area (Å²) < 4.78 is 5.70. The fourth-order valence-corrected chi connectivity index (χ4v) is 4.97. The second-order valence-electron chi connectivity index (χ2n) is 7.52. The molecule has 0 amide bonds. The van der Waals surface area contributed by atoms with E-state index in [9.17, 15) is 10.1 Å². The number of ketones is 1. The molecule has 0 spiro atoms. The van der Waals surface area contributed by atoms with Gasteiger partial charge in [-0.3, -0.25) is 4.79 Å². The summed E-state index contributed by atoms with van der Waals surface area (Å²) in [5.41, 5.74) is 3.89. The third-order valence-electron chi connectivity index (χ3n) is 5.52. The summed E-state index contributed by atoms with van der Waals surface area (Å²) in [6.07, 6.45) is 0. The van der Waals surface area contributed by atoms with Gasteiger partial charge in [-0.1, -0.05) is 60.3 Å². The molecule has 0 aromatic heterocycles. The van der Waals surface area contributed by atoms with Crippen molar-refractivity contribution in [3.8, 4) is 11.8 Å². The zero-order valence-electron chi connectivity index (χ0n) is 18.6. The molecule has 1 aliphatic heterocycles. The molecule has 3 aromatic carbocycles. The first-order chi connectivity index (χ1) is 15.5. The molecule has 0 bridgehead atoms. The Labute approximate surface area is 208 Å². The number of hydrogen-bond acceptors (Lipinski definition) is 6. The van der Waals surface area contributed by atoms with Crippen LogP contribution in [0.15, 0.2) is 76.9 Å². The largest absolute Gasteiger partial charge is 0.496 e. The number of carbonyl (C=O) groups is 1. The van der Waals surface area contributed by atoms with Crippen LogP contribution in [-0.2, 0) is 10.5 Å². The number of thioether (sulfide) groups is 1. The molecule has 4 rings (SSSR count). The summed E-state index contributed by atoms with van der Waals surface area (Å²) in [4.78, 5) is 17.6. The number of nitrogens with zero attached hydrogens (tertiary/aromatic N) is 2. The van der Waals surface area contributed by atoms with Gasteiger partial charge in [-0.15, -0.1) is 17.0 Å². The summed E-state index contributed by atoms with van der Waals surface area (Å²) in [5, 5.41) is 15.4. The average Bonchev–Trinajstić information content (AvgIpc) is 2.81. The number of hydrogen-bond donors (Lipinski definition) is 1. The van der Waals surface area contributed by atoms with Gasteiger partial charge in [0.2, 0.25) is 0 Å². The predicted molar refractivity (Wildman–Crippen MR) is 140 cm³/mol. The van der Waals surface area contributed by atoms with Gasteiger partial charge in [0.1, 0.15) is 11.8 Å². The maximum atomic E-state index is 12.6. The molecule has 5 nitrogen and oxygen atoms in total. The van der Waals surface area contributed by atoms with Crippen LogP contribution in [0.4, 0.5) is 0 Å². The van der Waals surface area contributed by atoms with Gasteiger partial charge < -0.3 is 10.1 Å². The van der Waals surface area contributed by atoms with Gasteiger partial charge in [0.15, 0.2) is 11.0 Å². The molecule has 1 heterocycles. The van der Waals surface area contributed by atoms with Gasteiger partial charge in [0.25, 0.3) is 0 Å². The fraction of sp³-hybridized carbons (Fsp3) is 0.192. The Morgan fingerprint density at radius 3 is 2.61 bits per heavy atom. The summed E-state index contributed by atoms with van der Waals surface area (Å²) in [6, 6.07) is 21.3. The minimum Gasteiger partial charge on any atom is -0.496 e. The van der Waals surface area contributed by atoms with Gasteiger partial charge >= 0.3 is 0 Å². The standard InChI is InChI=1S/C26H23N3O2S.BrH/c1-16-23(17(2)30)25(24-21-11-7-6-8-18(21)12-13-22(24)31-3)29-26(28-16)32-15-20-10-5-4-9-19(20)14-27;/h4-13,25H,15H2,1-3H3,(H,28,29);1H. The second kappa shape index (κ2) is 10.7. The summed E-state index contributed by atoms with van der Waals surface area (Å²) in [6.45, 7) is 3.47. The molecule has 33 heavy (non-hydrogen) atoms. The van der Waals surface area contributed by atoms with E-state index < -0.39 is 6.04 Å². The first-order valence-corrected chi connectivity index (χ1v) is 11.2. The minimum atomic E-state index is -0.483. The number of aliphatic imine (C=N–C) groups is 1. The van der Waals surface area contributed by atoms with Crippen LogP contribution in [0.2, 0.25) is 0 Å². The smallest absolute Gasteiger partial charge is 0.162 e. The zero-order chi connectivity index (χ0) is 22.7. The maximum absolute atomic E-state index is 12.6. The van der Waals surface area contributed by atoms with Crippen LogP contribution in [0.25, 0.3) is 10.8 Å². The van der Waals surface area contributed by atoms with E-state index in [1.165, 1.54) is 11.8 Å². The van der Waals surface area contributed by atoms with Crippen molar-refractivity contribution in [2.45, 2.75) is 25.6 Å². The van der Waals surface area contributed by atoms with Gasteiger partial charge in [-0.2, -0.15) is 5.26 Å². The third-order valence-corrected chi connectivity index (χ3v) is 6.46. The number of nitrogens with one attached hydrogen (secondary N) is 1. The van der Waals surface area contributed by atoms with E-state index in [-0.39, 0.29) is 22.8 Å². The van der Waals surface area contributed by atoms with Crippen LogP contribution in [0.3, 0.4) is 0 Å². The number of Topliss-reactive ketones (excluding diaryl/α,β-unsaturated/α-hetero) is 1. The van der Waals surface area contributed by atoms with Crippen molar-refractivity contribution in [1.29, 1.82) is 5.26 Å². The number of methoxy groups -OCH3 is 1. The predicted octanol–water partition coefficient (Wildman–Crippen LogP) is 6.09. The number of allylic oxidation sites excluding steroid dienone is 1. The Hall–Kier alpha value is -3.08. The van der Waals surface area contributed by atoms with E-state index >= 15 is 0 Å². The van der Waals surface area contributed by atoms with E-state index in [0.717, 1.165) is 27.6 Å². The number of ether oxygens (including phenoxy) is 1. The molecule has 0 aliphatic carbocycles. The fourth-order valence-electron chi connectivity index (χ4n) is 4.02. The van der Waals surface area contributed by atoms with Gasteiger partial charge in [-0.25, -0.2) is 4.99 Å². The number of carbonyl (C=O) groups excluding carboxylic acids is 1. The molecule has 0 saturated carbocycles. The molecule has 168 valence electrons. The van der Waals surface area contributed by atoms with Crippen molar-refractivity contribution in [3.63, 3.8) is 0 Å². The Kier molecular flexibility index (Phi) is 7.96. The van der Waals surface area contributed by atoms with E-state index in [2.05, 4.69) is 11.4 Å². The molecule has 1 aliphatic rings. The first-order valence-electron chi connectivity index (χ1n) is 10.3. The zero-order valence-corrected chi connectivity index (χ0v) is 21.1. The third kappa shape index (κ3) is 4.97. The average molecular weight is 522 g/mol. The van der Waals surface area contributed by atoms with Gasteiger partial charge in [0, 0.05) is 22.6 Å². The van der Waals surface area contributed by atoms with Crippen molar-refractivity contribution >= 4 is 50.5 Å². The van der Waals surface area contributed by atoms with E-state index in [0.29, 0.717) is 27.8 Å². The van der Waals surface area contributed by atoms with Crippen molar-refractivity contribution in [2.24, 2.45) is 4.99 Å². The number of benzene rings is 3. The van der Waals surface area contributed by atoms with Crippen molar-refractivity contribution in [1.82, 2.24) is 5.32 Å². The first kappa shape index (κ1) is 24.6. The number of halogens is 1. The second-order valence-corrected chi connectivity index (χ2v) is 8.48. The molecular weight excluding hydrogens is 498 g/mol. The summed E-state index contributed by atoms with van der Waals surface area (Å²) in [7, 11) is 1.64. The van der Waals surface area contributed by atoms with E-state index in [1.807, 2.05) is 67.6 Å². The quantitative estimate of drug-likeness (QED) is 0.439. The van der Waals surface area contributed by atoms with E-state index in [1.54, 1.807) is 14.0 Å². The van der Waals surface area contributed by atoms with E-state index in [4.69, 9.17) is 9.73 Å². The highest BCUT2D eigenvalue weighted by molar-refractivity contribution is 8.93. The molecule has 7 heteroatoms. The van der Waals surface area contributed by atoms with Crippen molar-refractivity contribution in [2.75, 3.05) is 7.11 Å². The van der Waals surface area contributed by atoms with Crippen LogP contribution in [0, 0.1) is 11.3 Å². The molecule has 1 unspecified atom stereocenters. The van der Waals surface area contributed by atoms with Crippen LogP contribution in [-0.4, -0.2) is 18.1 Å². The highest BCUT2D eigenvalue weighted by Gasteiger charge is 2.30. The highest BCUT2D eigenvalue weighted by atomic mass is 79.9. The lowest BCUT2D eigenvalue weighted by Crippen LogP contribution is -2.29. The number of nitriles is 1. The normalized spacial score (nSPS) is 15.2. The lowest BCUT2D eigenvalue weighted by molar-refractivity contribution is -0.113. The van der Waals surface area contributed by atoms with Crippen LogP contribution >= 0.6 is 28.7 Å². The van der Waals surface area contributed by atoms with Gasteiger partial charge in [-0.05, 0) is 42.3 Å². The SMILES string of the molecule is Br.COc1ccc2ccccc2c1C1N=C(SCc2ccccc2C#N)NC(C)=C1C(C)=O. The van der Waals surface area contributed by atoms with Crippen molar-refractivity contribution in [3.05, 3.63) is 88.6 Å². The minimum absolute atomic E-state index is 0. The molecule has 3 aromatic rings. The molecule has 1 atom stereocenters. The molecule has 0 fully saturated rings. The lowest BCUT2D eigenvalue weighted by Gasteiger charge is -2.27. The highest BCUT2D eigenvalue weighted by Crippen LogP contribution is 2.41. The Balaban J connectivity index is 0.00000306. The van der Waals surface area contributed by atoms with Crippen LogP contribution in [0.1, 0.15) is 36.6 Å². The summed E-state index contributed by atoms with van der Waals surface area (Å²) >= 11 is 1.52. The monoisotopic (exact) mass is 521 g/mol. The van der Waals surface area contributed by atoms with Crippen LogP contribution in [0.5, 0.6) is 5.75 Å². The number of rotatable bonds is 5. The Morgan fingerprint density at radius 2 is 1.88 bits per heavy atom. The Morgan fingerprint density at radius 1 is 1.15 bits per heavy atom. The summed E-state index contributed by atoms with van der Waals surface area (Å²) in [5.74, 6) is 1.26. The topological polar surface area (TPSA) is 74.5 Å². The molecule has 0 saturated heterocycles. The molecule has 1 N–H and O–H groups in total. The lowest BCUT2D eigenvalue weighted by atomic mass is 9.89. The number of amidine groups is 1.